The van der Waals surface area contributed by atoms with Crippen LogP contribution in [0.3, 0.4) is 0 Å². The standard InChI is InChI=1S/C21H15F2N.C8H5BrF2/c22-20(23)15-16-11-13-19(14-12-16)24-21(17-7-3-1-4-8-17)18-9-5-2-6-10-18;9-7-3-1-6(2-4-7)5-8(10)11/h1-15H;1-5H. The minimum Gasteiger partial charge on any atom is -0.248 e. The highest BCUT2D eigenvalue weighted by Gasteiger charge is 2.06. The van der Waals surface area contributed by atoms with Crippen LogP contribution in [0.5, 0.6) is 0 Å². The third-order valence-electron chi connectivity index (χ3n) is 4.65. The van der Waals surface area contributed by atoms with Crippen molar-refractivity contribution in [2.24, 2.45) is 4.99 Å². The van der Waals surface area contributed by atoms with E-state index in [1.54, 1.807) is 48.5 Å². The highest BCUT2D eigenvalue weighted by Crippen LogP contribution is 2.20. The number of halogens is 5. The molecule has 0 fully saturated rings. The summed E-state index contributed by atoms with van der Waals surface area (Å²) in [6, 6.07) is 33.2. The van der Waals surface area contributed by atoms with Gasteiger partial charge in [0.1, 0.15) is 0 Å². The molecule has 0 heterocycles. The molecule has 0 saturated carbocycles. The van der Waals surface area contributed by atoms with E-state index < -0.39 is 12.2 Å². The Morgan fingerprint density at radius 3 is 1.34 bits per heavy atom. The van der Waals surface area contributed by atoms with E-state index in [2.05, 4.69) is 15.9 Å². The maximum absolute atomic E-state index is 12.3. The van der Waals surface area contributed by atoms with Crippen molar-refractivity contribution in [3.8, 4) is 0 Å². The minimum atomic E-state index is -1.71. The molecule has 0 aliphatic heterocycles. The summed E-state index contributed by atoms with van der Waals surface area (Å²) in [5.74, 6) is 0. The molecule has 0 N–H and O–H groups in total. The predicted molar refractivity (Wildman–Crippen MR) is 139 cm³/mol. The van der Waals surface area contributed by atoms with E-state index in [0.717, 1.165) is 33.5 Å². The van der Waals surface area contributed by atoms with Gasteiger partial charge in [-0.25, -0.2) is 4.99 Å². The van der Waals surface area contributed by atoms with Crippen LogP contribution in [-0.2, 0) is 0 Å². The smallest absolute Gasteiger partial charge is 0.248 e. The molecule has 0 spiro atoms. The quantitative estimate of drug-likeness (QED) is 0.177. The lowest BCUT2D eigenvalue weighted by atomic mass is 10.0. The number of hydrogen-bond donors (Lipinski definition) is 0. The number of hydrogen-bond acceptors (Lipinski definition) is 1. The molecule has 0 radical (unpaired) electrons. The lowest BCUT2D eigenvalue weighted by Crippen LogP contribution is -2.02. The molecule has 0 saturated heterocycles. The lowest BCUT2D eigenvalue weighted by molar-refractivity contribution is 0.428. The van der Waals surface area contributed by atoms with Crippen LogP contribution >= 0.6 is 15.9 Å². The number of aliphatic imine (C=N–C) groups is 1. The summed E-state index contributed by atoms with van der Waals surface area (Å²) in [6.07, 6.45) is -1.72. The van der Waals surface area contributed by atoms with Gasteiger partial charge in [0.15, 0.2) is 0 Å². The molecule has 0 aromatic heterocycles. The fourth-order valence-electron chi connectivity index (χ4n) is 3.07. The molecule has 4 rings (SSSR count). The Labute approximate surface area is 209 Å². The predicted octanol–water partition coefficient (Wildman–Crippen LogP) is 9.78. The van der Waals surface area contributed by atoms with Crippen molar-refractivity contribution in [3.05, 3.63) is 148 Å². The molecular weight excluding hydrogens is 518 g/mol. The van der Waals surface area contributed by atoms with Crippen LogP contribution in [0.15, 0.2) is 131 Å². The Morgan fingerprint density at radius 1 is 0.543 bits per heavy atom. The molecular formula is C29H20BrF4N. The topological polar surface area (TPSA) is 12.4 Å². The number of benzene rings is 4. The van der Waals surface area contributed by atoms with Gasteiger partial charge in [-0.3, -0.25) is 0 Å². The van der Waals surface area contributed by atoms with E-state index in [4.69, 9.17) is 4.99 Å². The minimum absolute atomic E-state index is 0.454. The van der Waals surface area contributed by atoms with Crippen LogP contribution in [0.2, 0.25) is 0 Å². The molecule has 35 heavy (non-hydrogen) atoms. The molecule has 0 aliphatic rings. The van der Waals surface area contributed by atoms with Gasteiger partial charge in [0.05, 0.1) is 11.4 Å². The lowest BCUT2D eigenvalue weighted by Gasteiger charge is -2.08. The van der Waals surface area contributed by atoms with Gasteiger partial charge in [-0.2, -0.15) is 17.6 Å². The summed E-state index contributed by atoms with van der Waals surface area (Å²) >= 11 is 3.20. The summed E-state index contributed by atoms with van der Waals surface area (Å²) in [7, 11) is 0. The first kappa shape index (κ1) is 25.8. The van der Waals surface area contributed by atoms with Crippen molar-refractivity contribution >= 4 is 39.5 Å². The van der Waals surface area contributed by atoms with E-state index in [1.807, 2.05) is 60.7 Å². The van der Waals surface area contributed by atoms with Crippen LogP contribution in [-0.4, -0.2) is 5.71 Å². The molecule has 0 atom stereocenters. The second kappa shape index (κ2) is 13.2. The SMILES string of the molecule is FC(F)=Cc1ccc(Br)cc1.FC(F)=Cc1ccc(N=C(c2ccccc2)c2ccccc2)cc1. The van der Waals surface area contributed by atoms with Crippen molar-refractivity contribution in [2.75, 3.05) is 0 Å². The van der Waals surface area contributed by atoms with E-state index in [0.29, 0.717) is 16.8 Å². The van der Waals surface area contributed by atoms with E-state index in [-0.39, 0.29) is 0 Å². The van der Waals surface area contributed by atoms with E-state index in [9.17, 15) is 17.6 Å². The Balaban J connectivity index is 0.000000261. The number of nitrogens with zero attached hydrogens (tertiary/aromatic N) is 1. The zero-order valence-corrected chi connectivity index (χ0v) is 20.0. The van der Waals surface area contributed by atoms with Gasteiger partial charge >= 0.3 is 0 Å². The highest BCUT2D eigenvalue weighted by molar-refractivity contribution is 9.10. The molecule has 1 nitrogen and oxygen atoms in total. The Hall–Kier alpha value is -3.77. The first-order valence-corrected chi connectivity index (χ1v) is 11.3. The molecule has 4 aromatic rings. The Bertz CT molecular complexity index is 1250. The van der Waals surface area contributed by atoms with Crippen molar-refractivity contribution < 1.29 is 17.6 Å². The van der Waals surface area contributed by atoms with Gasteiger partial charge in [0, 0.05) is 27.8 Å². The molecule has 6 heteroatoms. The van der Waals surface area contributed by atoms with E-state index >= 15 is 0 Å². The molecule has 4 aromatic carbocycles. The summed E-state index contributed by atoms with van der Waals surface area (Å²) < 4.78 is 48.8. The van der Waals surface area contributed by atoms with Crippen LogP contribution < -0.4 is 0 Å². The van der Waals surface area contributed by atoms with Gasteiger partial charge in [-0.15, -0.1) is 0 Å². The zero-order chi connectivity index (χ0) is 25.0. The van der Waals surface area contributed by atoms with Gasteiger partial charge < -0.3 is 0 Å². The van der Waals surface area contributed by atoms with Crippen LogP contribution in [0, 0.1) is 0 Å². The van der Waals surface area contributed by atoms with Crippen molar-refractivity contribution in [1.29, 1.82) is 0 Å². The maximum atomic E-state index is 12.3. The van der Waals surface area contributed by atoms with Gasteiger partial charge in [0.25, 0.3) is 12.2 Å². The average Bonchev–Trinajstić information content (AvgIpc) is 2.86. The first-order valence-electron chi connectivity index (χ1n) is 10.5. The normalized spacial score (nSPS) is 9.86. The van der Waals surface area contributed by atoms with Gasteiger partial charge in [-0.1, -0.05) is 101 Å². The maximum Gasteiger partial charge on any atom is 0.270 e. The van der Waals surface area contributed by atoms with Crippen molar-refractivity contribution in [2.45, 2.75) is 0 Å². The zero-order valence-electron chi connectivity index (χ0n) is 18.4. The van der Waals surface area contributed by atoms with Crippen LogP contribution in [0.1, 0.15) is 22.3 Å². The Kier molecular flexibility index (Phi) is 9.75. The third kappa shape index (κ3) is 8.83. The monoisotopic (exact) mass is 537 g/mol. The highest BCUT2D eigenvalue weighted by atomic mass is 79.9. The van der Waals surface area contributed by atoms with Gasteiger partial charge in [0.2, 0.25) is 0 Å². The summed E-state index contributed by atoms with van der Waals surface area (Å²) in [6.45, 7) is 0. The fraction of sp³-hybridized carbons (Fsp3) is 0. The van der Waals surface area contributed by atoms with Gasteiger partial charge in [-0.05, 0) is 35.4 Å². The fourth-order valence-corrected chi connectivity index (χ4v) is 3.34. The summed E-state index contributed by atoms with van der Waals surface area (Å²) in [5, 5.41) is 0. The largest absolute Gasteiger partial charge is 0.270 e. The second-order valence-electron chi connectivity index (χ2n) is 7.20. The molecule has 0 bridgehead atoms. The van der Waals surface area contributed by atoms with Crippen LogP contribution in [0.25, 0.3) is 12.2 Å². The van der Waals surface area contributed by atoms with Crippen molar-refractivity contribution in [1.82, 2.24) is 0 Å². The Morgan fingerprint density at radius 2 is 0.943 bits per heavy atom. The van der Waals surface area contributed by atoms with Crippen molar-refractivity contribution in [3.63, 3.8) is 0 Å². The number of rotatable bonds is 5. The molecule has 0 aliphatic carbocycles. The van der Waals surface area contributed by atoms with E-state index in [1.165, 1.54) is 0 Å². The average molecular weight is 538 g/mol. The summed E-state index contributed by atoms with van der Waals surface area (Å²) in [5.41, 5.74) is 4.53. The molecule has 0 unspecified atom stereocenters. The second-order valence-corrected chi connectivity index (χ2v) is 8.12. The third-order valence-corrected chi connectivity index (χ3v) is 5.18. The molecule has 176 valence electrons. The summed E-state index contributed by atoms with van der Waals surface area (Å²) in [4.78, 5) is 4.73. The first-order chi connectivity index (χ1) is 16.9. The van der Waals surface area contributed by atoms with Crippen LogP contribution in [0.4, 0.5) is 23.2 Å². The molecule has 0 amide bonds.